The van der Waals surface area contributed by atoms with Gasteiger partial charge in [-0.3, -0.25) is 0 Å². The Morgan fingerprint density at radius 2 is 1.74 bits per heavy atom. The first kappa shape index (κ1) is 21.9. The number of allylic oxidation sites excluding steroid dienone is 1. The summed E-state index contributed by atoms with van der Waals surface area (Å²) in [7, 11) is 0. The SMILES string of the molecule is N#CC(=Cc1ccc(-c2ccc(C(=O)OCCc3ccccc3)cc2)o1)c1nc2ccccc2[nH]1. The fraction of sp³-hybridized carbons (Fsp3) is 0.0690. The molecule has 5 rings (SSSR count). The normalized spacial score (nSPS) is 11.3. The Balaban J connectivity index is 1.26. The van der Waals surface area contributed by atoms with Crippen LogP contribution in [0.4, 0.5) is 0 Å². The third kappa shape index (κ3) is 5.05. The molecule has 0 unspecified atom stereocenters. The Labute approximate surface area is 202 Å². The minimum absolute atomic E-state index is 0.324. The first-order chi connectivity index (χ1) is 17.2. The highest BCUT2D eigenvalue weighted by Gasteiger charge is 2.11. The maximum Gasteiger partial charge on any atom is 0.338 e. The zero-order valence-electron chi connectivity index (χ0n) is 18.8. The molecule has 1 N–H and O–H groups in total. The van der Waals surface area contributed by atoms with Crippen molar-refractivity contribution in [3.8, 4) is 17.4 Å². The number of carbonyl (C=O) groups is 1. The van der Waals surface area contributed by atoms with E-state index < -0.39 is 0 Å². The fourth-order valence-electron chi connectivity index (χ4n) is 3.72. The second-order valence-corrected chi connectivity index (χ2v) is 7.92. The molecule has 0 aliphatic heterocycles. The molecule has 2 heterocycles. The Kier molecular flexibility index (Phi) is 6.23. The number of fused-ring (bicyclic) bond motifs is 1. The number of nitrogens with zero attached hydrogens (tertiary/aromatic N) is 2. The highest BCUT2D eigenvalue weighted by molar-refractivity contribution is 5.91. The molecule has 0 amide bonds. The third-order valence-electron chi connectivity index (χ3n) is 5.55. The van der Waals surface area contributed by atoms with Gasteiger partial charge in [0.15, 0.2) is 0 Å². The largest absolute Gasteiger partial charge is 0.462 e. The van der Waals surface area contributed by atoms with Crippen molar-refractivity contribution in [3.05, 3.63) is 114 Å². The van der Waals surface area contributed by atoms with Gasteiger partial charge in [-0.25, -0.2) is 9.78 Å². The van der Waals surface area contributed by atoms with E-state index in [1.807, 2.05) is 72.8 Å². The summed E-state index contributed by atoms with van der Waals surface area (Å²) in [6.07, 6.45) is 2.33. The molecular weight excluding hydrogens is 438 g/mol. The van der Waals surface area contributed by atoms with Crippen LogP contribution in [0.25, 0.3) is 34.0 Å². The summed E-state index contributed by atoms with van der Waals surface area (Å²) in [5.41, 5.74) is 4.44. The van der Waals surface area contributed by atoms with E-state index in [0.29, 0.717) is 41.5 Å². The molecule has 3 aromatic carbocycles. The zero-order valence-corrected chi connectivity index (χ0v) is 18.8. The zero-order chi connectivity index (χ0) is 24.0. The quantitative estimate of drug-likeness (QED) is 0.228. The number of imidazole rings is 1. The van der Waals surface area contributed by atoms with Crippen LogP contribution in [0, 0.1) is 11.3 Å². The van der Waals surface area contributed by atoms with Gasteiger partial charge < -0.3 is 14.1 Å². The minimum atomic E-state index is -0.361. The number of hydrogen-bond acceptors (Lipinski definition) is 5. The van der Waals surface area contributed by atoms with Crippen molar-refractivity contribution in [1.29, 1.82) is 5.26 Å². The predicted molar refractivity (Wildman–Crippen MR) is 134 cm³/mol. The van der Waals surface area contributed by atoms with Gasteiger partial charge in [-0.2, -0.15) is 5.26 Å². The van der Waals surface area contributed by atoms with Crippen molar-refractivity contribution in [2.24, 2.45) is 0 Å². The molecule has 0 aliphatic rings. The molecule has 5 aromatic rings. The molecule has 0 saturated heterocycles. The maximum atomic E-state index is 12.3. The van der Waals surface area contributed by atoms with Crippen molar-refractivity contribution in [1.82, 2.24) is 9.97 Å². The van der Waals surface area contributed by atoms with Gasteiger partial charge in [0.05, 0.1) is 28.8 Å². The van der Waals surface area contributed by atoms with Crippen molar-refractivity contribution >= 4 is 28.7 Å². The van der Waals surface area contributed by atoms with Crippen LogP contribution in [-0.2, 0) is 11.2 Å². The molecule has 0 saturated carbocycles. The number of furan rings is 1. The van der Waals surface area contributed by atoms with Gasteiger partial charge in [0.2, 0.25) is 0 Å². The number of rotatable bonds is 7. The second kappa shape index (κ2) is 9.94. The van der Waals surface area contributed by atoms with Crippen LogP contribution in [0.1, 0.15) is 27.5 Å². The molecular formula is C29H21N3O3. The first-order valence-electron chi connectivity index (χ1n) is 11.2. The highest BCUT2D eigenvalue weighted by Crippen LogP contribution is 2.26. The monoisotopic (exact) mass is 459 g/mol. The number of hydrogen-bond donors (Lipinski definition) is 1. The number of ether oxygens (including phenoxy) is 1. The van der Waals surface area contributed by atoms with E-state index in [2.05, 4.69) is 16.0 Å². The molecule has 0 radical (unpaired) electrons. The molecule has 0 atom stereocenters. The number of nitrogens with one attached hydrogen (secondary N) is 1. The summed E-state index contributed by atoms with van der Waals surface area (Å²) in [5, 5.41) is 9.63. The smallest absolute Gasteiger partial charge is 0.338 e. The van der Waals surface area contributed by atoms with E-state index in [1.54, 1.807) is 24.3 Å². The fourth-order valence-corrected chi connectivity index (χ4v) is 3.72. The number of aromatic nitrogens is 2. The van der Waals surface area contributed by atoms with E-state index in [4.69, 9.17) is 9.15 Å². The topological polar surface area (TPSA) is 91.9 Å². The number of benzene rings is 3. The van der Waals surface area contributed by atoms with Gasteiger partial charge in [-0.05, 0) is 42.0 Å². The predicted octanol–water partition coefficient (Wildman–Crippen LogP) is 6.29. The summed E-state index contributed by atoms with van der Waals surface area (Å²) >= 11 is 0. The lowest BCUT2D eigenvalue weighted by atomic mass is 10.1. The molecule has 6 heteroatoms. The number of carbonyl (C=O) groups excluding carboxylic acids is 1. The summed E-state index contributed by atoms with van der Waals surface area (Å²) in [5.74, 6) is 1.28. The number of esters is 1. The van der Waals surface area contributed by atoms with Gasteiger partial charge >= 0.3 is 5.97 Å². The number of aromatic amines is 1. The lowest BCUT2D eigenvalue weighted by Gasteiger charge is -2.05. The third-order valence-corrected chi connectivity index (χ3v) is 5.55. The van der Waals surface area contributed by atoms with Crippen molar-refractivity contribution in [2.75, 3.05) is 6.61 Å². The van der Waals surface area contributed by atoms with Crippen LogP contribution in [0.5, 0.6) is 0 Å². The summed E-state index contributed by atoms with van der Waals surface area (Å²) in [6.45, 7) is 0.324. The van der Waals surface area contributed by atoms with Crippen LogP contribution < -0.4 is 0 Å². The minimum Gasteiger partial charge on any atom is -0.462 e. The molecule has 170 valence electrons. The second-order valence-electron chi connectivity index (χ2n) is 7.92. The molecule has 0 fully saturated rings. The number of para-hydroxylation sites is 2. The first-order valence-corrected chi connectivity index (χ1v) is 11.2. The van der Waals surface area contributed by atoms with Crippen LogP contribution in [0.2, 0.25) is 0 Å². The van der Waals surface area contributed by atoms with Crippen LogP contribution >= 0.6 is 0 Å². The molecule has 0 spiro atoms. The standard InChI is InChI=1S/C29H21N3O3/c30-19-23(28-31-25-8-4-5-9-26(25)32-28)18-24-14-15-27(35-24)21-10-12-22(13-11-21)29(33)34-17-16-20-6-2-1-3-7-20/h1-15,18H,16-17H2,(H,31,32). The number of nitriles is 1. The van der Waals surface area contributed by atoms with Crippen LogP contribution in [0.3, 0.4) is 0 Å². The summed E-state index contributed by atoms with van der Waals surface area (Å²) in [4.78, 5) is 20.0. The van der Waals surface area contributed by atoms with Crippen molar-refractivity contribution in [3.63, 3.8) is 0 Å². The lowest BCUT2D eigenvalue weighted by molar-refractivity contribution is 0.0509. The lowest BCUT2D eigenvalue weighted by Crippen LogP contribution is -2.08. The van der Waals surface area contributed by atoms with Gasteiger partial charge in [-0.1, -0.05) is 54.6 Å². The highest BCUT2D eigenvalue weighted by atomic mass is 16.5. The molecule has 6 nitrogen and oxygen atoms in total. The molecule has 0 aliphatic carbocycles. The van der Waals surface area contributed by atoms with Crippen molar-refractivity contribution < 1.29 is 13.9 Å². The van der Waals surface area contributed by atoms with Crippen molar-refractivity contribution in [2.45, 2.75) is 6.42 Å². The average molecular weight is 460 g/mol. The molecule has 35 heavy (non-hydrogen) atoms. The Morgan fingerprint density at radius 3 is 2.51 bits per heavy atom. The van der Waals surface area contributed by atoms with E-state index in [1.165, 1.54) is 0 Å². The van der Waals surface area contributed by atoms with Gasteiger partial charge in [-0.15, -0.1) is 0 Å². The Bertz CT molecular complexity index is 1500. The maximum absolute atomic E-state index is 12.3. The molecule has 0 bridgehead atoms. The summed E-state index contributed by atoms with van der Waals surface area (Å²) in [6, 6.07) is 30.4. The average Bonchev–Trinajstić information content (AvgIpc) is 3.55. The van der Waals surface area contributed by atoms with Crippen LogP contribution in [0.15, 0.2) is 95.4 Å². The Hall–Kier alpha value is -4.89. The molecule has 2 aromatic heterocycles. The van der Waals surface area contributed by atoms with E-state index in [9.17, 15) is 10.1 Å². The van der Waals surface area contributed by atoms with Gasteiger partial charge in [0.1, 0.15) is 23.4 Å². The van der Waals surface area contributed by atoms with Crippen LogP contribution in [-0.4, -0.2) is 22.5 Å². The van der Waals surface area contributed by atoms with Gasteiger partial charge in [0, 0.05) is 18.1 Å². The van der Waals surface area contributed by atoms with E-state index >= 15 is 0 Å². The van der Waals surface area contributed by atoms with Gasteiger partial charge in [0.25, 0.3) is 0 Å². The Morgan fingerprint density at radius 1 is 0.971 bits per heavy atom. The van der Waals surface area contributed by atoms with E-state index in [-0.39, 0.29) is 5.97 Å². The number of H-pyrrole nitrogens is 1. The van der Waals surface area contributed by atoms with E-state index in [0.717, 1.165) is 22.2 Å². The summed E-state index contributed by atoms with van der Waals surface area (Å²) < 4.78 is 11.3.